The lowest BCUT2D eigenvalue weighted by Gasteiger charge is -2.34. The smallest absolute Gasteiger partial charge is 0.233 e. The molecule has 5 aliphatic rings. The van der Waals surface area contributed by atoms with Crippen molar-refractivity contribution in [3.8, 4) is 0 Å². The summed E-state index contributed by atoms with van der Waals surface area (Å²) in [6.45, 7) is 7.60. The molecule has 1 aromatic carbocycles. The van der Waals surface area contributed by atoms with Crippen LogP contribution in [-0.4, -0.2) is 64.7 Å². The van der Waals surface area contributed by atoms with Crippen molar-refractivity contribution in [1.29, 1.82) is 0 Å². The number of nitrogens with zero attached hydrogens (tertiary/aromatic N) is 2. The van der Waals surface area contributed by atoms with Crippen LogP contribution in [0, 0.1) is 41.4 Å². The molecule has 6 unspecified atom stereocenters. The van der Waals surface area contributed by atoms with E-state index in [0.717, 1.165) is 32.5 Å². The topological polar surface area (TPSA) is 85.5 Å². The Balaban J connectivity index is 0.931. The average Bonchev–Trinajstić information content (AvgIpc) is 3.17. The van der Waals surface area contributed by atoms with Crippen LogP contribution >= 0.6 is 0 Å². The molecule has 2 aromatic rings. The lowest BCUT2D eigenvalue weighted by atomic mass is 9.73. The average molecular weight is 503 g/mol. The minimum atomic E-state index is -0.216. The zero-order valence-corrected chi connectivity index (χ0v) is 21.9. The van der Waals surface area contributed by atoms with Gasteiger partial charge in [-0.25, -0.2) is 0 Å². The summed E-state index contributed by atoms with van der Waals surface area (Å²) >= 11 is 0. The van der Waals surface area contributed by atoms with Gasteiger partial charge in [0.1, 0.15) is 0 Å². The summed E-state index contributed by atoms with van der Waals surface area (Å²) in [5.41, 5.74) is 2.68. The van der Waals surface area contributed by atoms with E-state index in [-0.39, 0.29) is 53.4 Å². The molecule has 2 saturated heterocycles. The minimum Gasteiger partial charge on any atom is -0.361 e. The number of piperidine rings is 1. The second-order valence-electron chi connectivity index (χ2n) is 12.6. The molecule has 2 N–H and O–H groups in total. The van der Waals surface area contributed by atoms with Crippen LogP contribution in [0.3, 0.4) is 0 Å². The number of amides is 3. The monoisotopic (exact) mass is 502 g/mol. The van der Waals surface area contributed by atoms with Gasteiger partial charge in [-0.15, -0.1) is 0 Å². The second kappa shape index (κ2) is 8.69. The third-order valence-corrected chi connectivity index (χ3v) is 10.7. The van der Waals surface area contributed by atoms with Gasteiger partial charge in [-0.3, -0.25) is 19.3 Å². The van der Waals surface area contributed by atoms with Crippen LogP contribution in [0.2, 0.25) is 0 Å². The predicted molar refractivity (Wildman–Crippen MR) is 140 cm³/mol. The molecule has 37 heavy (non-hydrogen) atoms. The van der Waals surface area contributed by atoms with E-state index in [4.69, 9.17) is 0 Å². The van der Waals surface area contributed by atoms with E-state index in [1.54, 1.807) is 11.8 Å². The quantitative estimate of drug-likeness (QED) is 0.593. The van der Waals surface area contributed by atoms with Crippen LogP contribution in [0.4, 0.5) is 0 Å². The summed E-state index contributed by atoms with van der Waals surface area (Å²) in [7, 11) is 0. The summed E-state index contributed by atoms with van der Waals surface area (Å²) in [4.78, 5) is 46.1. The van der Waals surface area contributed by atoms with Gasteiger partial charge in [-0.05, 0) is 85.9 Å². The molecule has 2 bridgehead atoms. The van der Waals surface area contributed by atoms with Crippen molar-refractivity contribution in [3.63, 3.8) is 0 Å². The zero-order valence-electron chi connectivity index (χ0n) is 21.9. The van der Waals surface area contributed by atoms with Crippen molar-refractivity contribution in [2.45, 2.75) is 51.5 Å². The van der Waals surface area contributed by atoms with Gasteiger partial charge in [-0.2, -0.15) is 0 Å². The molecule has 3 heterocycles. The highest BCUT2D eigenvalue weighted by atomic mass is 16.2. The van der Waals surface area contributed by atoms with Crippen LogP contribution in [0.1, 0.15) is 51.0 Å². The van der Waals surface area contributed by atoms with Crippen molar-refractivity contribution in [2.24, 2.45) is 41.4 Å². The molecule has 5 fully saturated rings. The number of carbonyl (C=O) groups excluding carboxylic acids is 3. The number of likely N-dealkylation sites (tertiary alicyclic amines) is 2. The Morgan fingerprint density at radius 3 is 2.46 bits per heavy atom. The van der Waals surface area contributed by atoms with Crippen molar-refractivity contribution in [3.05, 3.63) is 36.0 Å². The highest BCUT2D eigenvalue weighted by Crippen LogP contribution is 2.59. The first-order valence-electron chi connectivity index (χ1n) is 14.3. The fraction of sp³-hybridized carbons (Fsp3) is 0.633. The maximum Gasteiger partial charge on any atom is 0.233 e. The molecule has 3 aliphatic carbocycles. The number of H-pyrrole nitrogens is 1. The standard InChI is InChI=1S/C30H38N4O3/c1-16-22-12-23(28(16)32-17(2)35)27-26(22)29(36)34(30(27)37)15-20-11-19(20)14-33-9-7-18(8-10-33)24-13-31-25-6-4-3-5-21(24)25/h3-6,13,16,18-20,22-23,26-28,31H,7-12,14-15H2,1-2H3,(H,32,35)/t16?,19-,20-,22?,23?,26?,27?,28?/m1/s1. The fourth-order valence-electron chi connectivity index (χ4n) is 8.69. The number of rotatable bonds is 6. The third kappa shape index (κ3) is 3.76. The van der Waals surface area contributed by atoms with Crippen molar-refractivity contribution < 1.29 is 14.4 Å². The van der Waals surface area contributed by atoms with Gasteiger partial charge < -0.3 is 15.2 Å². The van der Waals surface area contributed by atoms with E-state index in [1.807, 2.05) is 0 Å². The number of benzene rings is 1. The van der Waals surface area contributed by atoms with Gasteiger partial charge in [0.25, 0.3) is 0 Å². The number of aromatic amines is 1. The van der Waals surface area contributed by atoms with Gasteiger partial charge in [0.15, 0.2) is 0 Å². The number of fused-ring (bicyclic) bond motifs is 6. The van der Waals surface area contributed by atoms with Crippen molar-refractivity contribution in [2.75, 3.05) is 26.2 Å². The fourth-order valence-corrected chi connectivity index (χ4v) is 8.69. The van der Waals surface area contributed by atoms with Gasteiger partial charge in [0.05, 0.1) is 11.8 Å². The number of para-hydroxylation sites is 1. The third-order valence-electron chi connectivity index (χ3n) is 10.7. The summed E-state index contributed by atoms with van der Waals surface area (Å²) in [6.07, 6.45) is 6.58. The van der Waals surface area contributed by atoms with Gasteiger partial charge in [0.2, 0.25) is 17.7 Å². The molecule has 7 heteroatoms. The maximum absolute atomic E-state index is 13.4. The molecule has 3 amide bonds. The minimum absolute atomic E-state index is 0.0290. The number of nitrogens with one attached hydrogen (secondary N) is 2. The normalized spacial score (nSPS) is 37.5. The first kappa shape index (κ1) is 23.4. The summed E-state index contributed by atoms with van der Waals surface area (Å²) < 4.78 is 0. The number of aromatic nitrogens is 1. The van der Waals surface area contributed by atoms with E-state index in [1.165, 1.54) is 29.3 Å². The lowest BCUT2D eigenvalue weighted by Crippen LogP contribution is -2.48. The molecule has 7 rings (SSSR count). The SMILES string of the molecule is CC(=O)NC1C(C)C2CC1C1C(=O)N(C[C@H]3C[C@@H]3CN3CCC(c4c[nH]c5ccccc45)CC3)C(=O)C21. The Morgan fingerprint density at radius 1 is 1.00 bits per heavy atom. The lowest BCUT2D eigenvalue weighted by molar-refractivity contribution is -0.141. The molecule has 2 aliphatic heterocycles. The van der Waals surface area contributed by atoms with E-state index in [2.05, 4.69) is 52.6 Å². The van der Waals surface area contributed by atoms with Crippen LogP contribution in [0.15, 0.2) is 30.5 Å². The molecule has 7 nitrogen and oxygen atoms in total. The molecule has 8 atom stereocenters. The molecule has 0 spiro atoms. The Hall–Kier alpha value is -2.67. The van der Waals surface area contributed by atoms with E-state index in [0.29, 0.717) is 24.3 Å². The predicted octanol–water partition coefficient (Wildman–Crippen LogP) is 3.38. The number of imide groups is 1. The summed E-state index contributed by atoms with van der Waals surface area (Å²) in [5.74, 6) is 1.94. The summed E-state index contributed by atoms with van der Waals surface area (Å²) in [6, 6.07) is 8.61. The number of hydrogen-bond acceptors (Lipinski definition) is 4. The highest BCUT2D eigenvalue weighted by molar-refractivity contribution is 6.06. The highest BCUT2D eigenvalue weighted by Gasteiger charge is 2.66. The van der Waals surface area contributed by atoms with Crippen molar-refractivity contribution in [1.82, 2.24) is 20.1 Å². The van der Waals surface area contributed by atoms with E-state index < -0.39 is 0 Å². The molecular formula is C30H38N4O3. The molecule has 196 valence electrons. The Bertz CT molecular complexity index is 1250. The van der Waals surface area contributed by atoms with Crippen LogP contribution in [-0.2, 0) is 14.4 Å². The van der Waals surface area contributed by atoms with Gasteiger partial charge in [-0.1, -0.05) is 25.1 Å². The first-order valence-corrected chi connectivity index (χ1v) is 14.3. The zero-order chi connectivity index (χ0) is 25.4. The molecule has 3 saturated carbocycles. The largest absolute Gasteiger partial charge is 0.361 e. The van der Waals surface area contributed by atoms with E-state index in [9.17, 15) is 14.4 Å². The molecule has 1 aromatic heterocycles. The first-order chi connectivity index (χ1) is 17.9. The van der Waals surface area contributed by atoms with E-state index >= 15 is 0 Å². The summed E-state index contributed by atoms with van der Waals surface area (Å²) in [5, 5.41) is 4.44. The molecular weight excluding hydrogens is 464 g/mol. The van der Waals surface area contributed by atoms with Crippen LogP contribution in [0.5, 0.6) is 0 Å². The Kier molecular flexibility index (Phi) is 5.50. The number of hydrogen-bond donors (Lipinski definition) is 2. The second-order valence-corrected chi connectivity index (χ2v) is 12.6. The molecule has 0 radical (unpaired) electrons. The van der Waals surface area contributed by atoms with Gasteiger partial charge in [0, 0.05) is 43.2 Å². The van der Waals surface area contributed by atoms with Crippen LogP contribution < -0.4 is 5.32 Å². The Morgan fingerprint density at radius 2 is 1.70 bits per heavy atom. The number of carbonyl (C=O) groups is 3. The Labute approximate surface area is 218 Å². The van der Waals surface area contributed by atoms with Crippen LogP contribution in [0.25, 0.3) is 10.9 Å². The van der Waals surface area contributed by atoms with Crippen molar-refractivity contribution >= 4 is 28.6 Å². The van der Waals surface area contributed by atoms with Gasteiger partial charge >= 0.3 is 0 Å². The maximum atomic E-state index is 13.4.